The molecule has 0 saturated heterocycles. The van der Waals surface area contributed by atoms with Gasteiger partial charge in [0.15, 0.2) is 0 Å². The van der Waals surface area contributed by atoms with Gasteiger partial charge in [0.05, 0.1) is 6.54 Å². The number of aromatic nitrogens is 1. The highest BCUT2D eigenvalue weighted by atomic mass is 32.1. The van der Waals surface area contributed by atoms with Gasteiger partial charge < -0.3 is 10.2 Å². The summed E-state index contributed by atoms with van der Waals surface area (Å²) in [5.41, 5.74) is 1.26. The minimum atomic E-state index is 0.416. The lowest BCUT2D eigenvalue weighted by Crippen LogP contribution is -2.32. The Bertz CT molecular complexity index is 535. The van der Waals surface area contributed by atoms with Crippen molar-refractivity contribution in [1.82, 2.24) is 10.3 Å². The van der Waals surface area contributed by atoms with E-state index in [2.05, 4.69) is 66.5 Å². The fraction of sp³-hybridized carbons (Fsp3) is 0.471. The molecule has 21 heavy (non-hydrogen) atoms. The smallest absolute Gasteiger partial charge is 0.133 e. The van der Waals surface area contributed by atoms with Gasteiger partial charge in [-0.15, -0.1) is 11.3 Å². The number of hydrogen-bond donors (Lipinski definition) is 1. The van der Waals surface area contributed by atoms with Crippen molar-refractivity contribution in [3.05, 3.63) is 46.3 Å². The highest BCUT2D eigenvalue weighted by molar-refractivity contribution is 7.09. The third-order valence-electron chi connectivity index (χ3n) is 3.37. The van der Waals surface area contributed by atoms with E-state index in [1.54, 1.807) is 11.3 Å². The van der Waals surface area contributed by atoms with Crippen LogP contribution in [0.2, 0.25) is 0 Å². The molecule has 0 amide bonds. The van der Waals surface area contributed by atoms with Gasteiger partial charge in [-0.3, -0.25) is 0 Å². The number of pyridine rings is 1. The van der Waals surface area contributed by atoms with Gasteiger partial charge in [0.25, 0.3) is 0 Å². The van der Waals surface area contributed by atoms with E-state index in [0.717, 1.165) is 18.9 Å². The summed E-state index contributed by atoms with van der Waals surface area (Å²) in [4.78, 5) is 8.40. The summed E-state index contributed by atoms with van der Waals surface area (Å²) in [7, 11) is 0. The topological polar surface area (TPSA) is 28.2 Å². The molecule has 0 aliphatic rings. The monoisotopic (exact) mass is 303 g/mol. The van der Waals surface area contributed by atoms with Crippen molar-refractivity contribution in [3.63, 3.8) is 0 Å². The van der Waals surface area contributed by atoms with Crippen LogP contribution in [-0.4, -0.2) is 17.1 Å². The zero-order valence-electron chi connectivity index (χ0n) is 13.3. The van der Waals surface area contributed by atoms with E-state index in [-0.39, 0.29) is 0 Å². The van der Waals surface area contributed by atoms with Crippen LogP contribution in [0.25, 0.3) is 0 Å². The average Bonchev–Trinajstić information content (AvgIpc) is 2.95. The summed E-state index contributed by atoms with van der Waals surface area (Å²) < 4.78 is 0. The predicted octanol–water partition coefficient (Wildman–Crippen LogP) is 4.06. The number of thiophene rings is 1. The molecule has 0 aromatic carbocycles. The van der Waals surface area contributed by atoms with Crippen molar-refractivity contribution >= 4 is 17.2 Å². The highest BCUT2D eigenvalue weighted by Gasteiger charge is 2.16. The van der Waals surface area contributed by atoms with Crippen molar-refractivity contribution in [2.45, 2.75) is 52.9 Å². The molecule has 2 aromatic heterocycles. The molecule has 0 spiro atoms. The Balaban J connectivity index is 2.23. The number of nitrogens with zero attached hydrogens (tertiary/aromatic N) is 2. The van der Waals surface area contributed by atoms with Gasteiger partial charge in [-0.05, 0) is 31.4 Å². The van der Waals surface area contributed by atoms with E-state index in [1.807, 2.05) is 12.3 Å². The molecular weight excluding hydrogens is 278 g/mol. The molecule has 1 N–H and O–H groups in total. The van der Waals surface area contributed by atoms with Crippen LogP contribution in [0.3, 0.4) is 0 Å². The number of nitrogens with one attached hydrogen (secondary N) is 1. The van der Waals surface area contributed by atoms with Gasteiger partial charge in [0, 0.05) is 35.3 Å². The summed E-state index contributed by atoms with van der Waals surface area (Å²) in [5.74, 6) is 1.09. The summed E-state index contributed by atoms with van der Waals surface area (Å²) >= 11 is 1.80. The molecule has 0 fully saturated rings. The van der Waals surface area contributed by atoms with E-state index >= 15 is 0 Å². The lowest BCUT2D eigenvalue weighted by atomic mass is 10.2. The second-order valence-electron chi connectivity index (χ2n) is 5.82. The first-order valence-corrected chi connectivity index (χ1v) is 8.42. The van der Waals surface area contributed by atoms with E-state index in [1.165, 1.54) is 10.4 Å². The second-order valence-corrected chi connectivity index (χ2v) is 6.85. The summed E-state index contributed by atoms with van der Waals surface area (Å²) in [6.07, 6.45) is 1.89. The zero-order chi connectivity index (χ0) is 15.2. The number of rotatable bonds is 7. The van der Waals surface area contributed by atoms with Gasteiger partial charge in [0.2, 0.25) is 0 Å². The lowest BCUT2D eigenvalue weighted by Gasteiger charge is -2.29. The fourth-order valence-electron chi connectivity index (χ4n) is 2.21. The Morgan fingerprint density at radius 3 is 2.62 bits per heavy atom. The molecule has 0 bridgehead atoms. The molecule has 0 unspecified atom stereocenters. The molecule has 2 aromatic rings. The third kappa shape index (κ3) is 4.55. The zero-order valence-corrected chi connectivity index (χ0v) is 14.2. The van der Waals surface area contributed by atoms with Gasteiger partial charge in [0.1, 0.15) is 5.82 Å². The standard InChI is InChI=1S/C17H25N3S/c1-13(2)19-11-15-7-5-9-18-17(15)20(14(3)4)12-16-8-6-10-21-16/h5-10,13-14,19H,11-12H2,1-4H3. The summed E-state index contributed by atoms with van der Waals surface area (Å²) in [5, 5.41) is 5.62. The second kappa shape index (κ2) is 7.57. The molecule has 2 heterocycles. The maximum Gasteiger partial charge on any atom is 0.133 e. The van der Waals surface area contributed by atoms with Gasteiger partial charge in [-0.1, -0.05) is 26.0 Å². The van der Waals surface area contributed by atoms with Crippen LogP contribution in [0.5, 0.6) is 0 Å². The minimum absolute atomic E-state index is 0.416. The van der Waals surface area contributed by atoms with Crippen LogP contribution in [0.1, 0.15) is 38.1 Å². The van der Waals surface area contributed by atoms with E-state index in [4.69, 9.17) is 0 Å². The highest BCUT2D eigenvalue weighted by Crippen LogP contribution is 2.23. The first kappa shape index (κ1) is 16.0. The van der Waals surface area contributed by atoms with Crippen LogP contribution in [0, 0.1) is 0 Å². The minimum Gasteiger partial charge on any atom is -0.349 e. The largest absolute Gasteiger partial charge is 0.349 e. The Labute approximate surface area is 132 Å². The Morgan fingerprint density at radius 2 is 2.00 bits per heavy atom. The van der Waals surface area contributed by atoms with Crippen molar-refractivity contribution < 1.29 is 0 Å². The van der Waals surface area contributed by atoms with Crippen LogP contribution in [-0.2, 0) is 13.1 Å². The molecule has 2 rings (SSSR count). The quantitative estimate of drug-likeness (QED) is 0.836. The molecule has 0 radical (unpaired) electrons. The third-order valence-corrected chi connectivity index (χ3v) is 4.23. The van der Waals surface area contributed by atoms with Crippen molar-refractivity contribution in [2.75, 3.05) is 4.90 Å². The van der Waals surface area contributed by atoms with Gasteiger partial charge in [-0.2, -0.15) is 0 Å². The van der Waals surface area contributed by atoms with Crippen molar-refractivity contribution in [3.8, 4) is 0 Å². The normalized spacial score (nSPS) is 11.3. The Hall–Kier alpha value is -1.39. The molecule has 0 atom stereocenters. The molecule has 0 aliphatic heterocycles. The van der Waals surface area contributed by atoms with Gasteiger partial charge >= 0.3 is 0 Å². The Morgan fingerprint density at radius 1 is 1.19 bits per heavy atom. The number of anilines is 1. The molecule has 0 saturated carbocycles. The first-order valence-electron chi connectivity index (χ1n) is 7.54. The van der Waals surface area contributed by atoms with Crippen LogP contribution in [0.4, 0.5) is 5.82 Å². The molecule has 3 nitrogen and oxygen atoms in total. The average molecular weight is 303 g/mol. The van der Waals surface area contributed by atoms with Crippen LogP contribution >= 0.6 is 11.3 Å². The molecule has 0 aliphatic carbocycles. The first-order chi connectivity index (χ1) is 10.1. The fourth-order valence-corrected chi connectivity index (χ4v) is 2.92. The molecule has 114 valence electrons. The van der Waals surface area contributed by atoms with E-state index in [9.17, 15) is 0 Å². The summed E-state index contributed by atoms with van der Waals surface area (Å²) in [6, 6.07) is 9.38. The summed E-state index contributed by atoms with van der Waals surface area (Å²) in [6.45, 7) is 10.6. The lowest BCUT2D eigenvalue weighted by molar-refractivity contribution is 0.583. The number of hydrogen-bond acceptors (Lipinski definition) is 4. The molecule has 4 heteroatoms. The van der Waals surface area contributed by atoms with Gasteiger partial charge in [-0.25, -0.2) is 4.98 Å². The molecular formula is C17H25N3S. The maximum atomic E-state index is 4.65. The van der Waals surface area contributed by atoms with E-state index < -0.39 is 0 Å². The SMILES string of the molecule is CC(C)NCc1cccnc1N(Cc1cccs1)C(C)C. The van der Waals surface area contributed by atoms with Crippen molar-refractivity contribution in [2.24, 2.45) is 0 Å². The Kier molecular flexibility index (Phi) is 5.76. The predicted molar refractivity (Wildman–Crippen MR) is 91.9 cm³/mol. The van der Waals surface area contributed by atoms with Crippen LogP contribution in [0.15, 0.2) is 35.8 Å². The van der Waals surface area contributed by atoms with E-state index in [0.29, 0.717) is 12.1 Å². The maximum absolute atomic E-state index is 4.65. The van der Waals surface area contributed by atoms with Crippen LogP contribution < -0.4 is 10.2 Å². The van der Waals surface area contributed by atoms with Crippen molar-refractivity contribution in [1.29, 1.82) is 0 Å².